The quantitative estimate of drug-likeness (QED) is 0.574. The molecule has 116 valence electrons. The van der Waals surface area contributed by atoms with E-state index in [0.717, 1.165) is 6.42 Å². The van der Waals surface area contributed by atoms with E-state index in [-0.39, 0.29) is 34.5 Å². The van der Waals surface area contributed by atoms with Crippen molar-refractivity contribution in [3.05, 3.63) is 24.0 Å². The summed E-state index contributed by atoms with van der Waals surface area (Å²) in [7, 11) is -3.81. The molecule has 0 atom stereocenters. The van der Waals surface area contributed by atoms with Crippen LogP contribution in [0, 0.1) is 0 Å². The first-order valence-corrected chi connectivity index (χ1v) is 8.28. The Morgan fingerprint density at radius 3 is 2.76 bits per heavy atom. The van der Waals surface area contributed by atoms with Crippen molar-refractivity contribution in [3.63, 3.8) is 0 Å². The number of rotatable bonds is 8. The molecule has 1 rings (SSSR count). The zero-order valence-corrected chi connectivity index (χ0v) is 13.3. The van der Waals surface area contributed by atoms with E-state index in [0.29, 0.717) is 6.54 Å². The largest absolute Gasteiger partial charge is 0.388 e. The number of sulfonamides is 1. The summed E-state index contributed by atoms with van der Waals surface area (Å²) in [5, 5.41) is 2.66. The second-order valence-electron chi connectivity index (χ2n) is 4.21. The number of amides is 1. The maximum absolute atomic E-state index is 12.2. The van der Waals surface area contributed by atoms with Gasteiger partial charge in [0.1, 0.15) is 15.6 Å². The second-order valence-corrected chi connectivity index (χ2v) is 6.39. The molecule has 0 fully saturated rings. The second kappa shape index (κ2) is 8.01. The fourth-order valence-electron chi connectivity index (χ4n) is 1.52. The van der Waals surface area contributed by atoms with E-state index in [9.17, 15) is 13.2 Å². The zero-order valence-electron chi connectivity index (χ0n) is 11.6. The van der Waals surface area contributed by atoms with E-state index >= 15 is 0 Å². The molecule has 0 unspecified atom stereocenters. The summed E-state index contributed by atoms with van der Waals surface area (Å²) in [5.74, 6) is -0.208. The van der Waals surface area contributed by atoms with Crippen LogP contribution in [-0.4, -0.2) is 37.4 Å². The molecule has 1 amide bonds. The van der Waals surface area contributed by atoms with E-state index < -0.39 is 10.0 Å². The number of nitrogens with two attached hydrogens (primary N) is 1. The Balaban J connectivity index is 2.71. The number of thiocarbonyl (C=S) groups is 1. The Morgan fingerprint density at radius 2 is 2.14 bits per heavy atom. The summed E-state index contributed by atoms with van der Waals surface area (Å²) in [4.78, 5) is 15.1. The highest BCUT2D eigenvalue weighted by Gasteiger charge is 2.20. The predicted molar refractivity (Wildman–Crippen MR) is 83.2 cm³/mol. The van der Waals surface area contributed by atoms with E-state index in [2.05, 4.69) is 15.0 Å². The number of aromatic nitrogens is 1. The molecule has 0 spiro atoms. The molecule has 1 aromatic heterocycles. The first-order valence-electron chi connectivity index (χ1n) is 6.39. The molecule has 9 heteroatoms. The van der Waals surface area contributed by atoms with E-state index in [4.69, 9.17) is 18.0 Å². The SMILES string of the molecule is CCCNC(=O)CCNS(=O)(=O)c1cccnc1C(N)=S. The highest BCUT2D eigenvalue weighted by Crippen LogP contribution is 2.12. The molecule has 0 aromatic carbocycles. The molecule has 21 heavy (non-hydrogen) atoms. The lowest BCUT2D eigenvalue weighted by Crippen LogP contribution is -2.32. The van der Waals surface area contributed by atoms with Crippen LogP contribution in [0.25, 0.3) is 0 Å². The van der Waals surface area contributed by atoms with E-state index in [1.807, 2.05) is 6.92 Å². The maximum Gasteiger partial charge on any atom is 0.242 e. The number of carbonyl (C=O) groups is 1. The molecule has 0 aliphatic rings. The van der Waals surface area contributed by atoms with Crippen molar-refractivity contribution >= 4 is 33.1 Å². The van der Waals surface area contributed by atoms with Crippen LogP contribution in [0.5, 0.6) is 0 Å². The maximum atomic E-state index is 12.2. The number of pyridine rings is 1. The van der Waals surface area contributed by atoms with Crippen molar-refractivity contribution in [3.8, 4) is 0 Å². The standard InChI is InChI=1S/C12H18N4O3S2/c1-2-6-14-10(17)5-8-16-21(18,19)9-4-3-7-15-11(9)12(13)20/h3-4,7,16H,2,5-6,8H2,1H3,(H2,13,20)(H,14,17). The van der Waals surface area contributed by atoms with Gasteiger partial charge in [-0.15, -0.1) is 0 Å². The predicted octanol–water partition coefficient (Wildman–Crippen LogP) is -0.0896. The average molecular weight is 330 g/mol. The highest BCUT2D eigenvalue weighted by atomic mass is 32.2. The van der Waals surface area contributed by atoms with Gasteiger partial charge in [-0.3, -0.25) is 9.78 Å². The van der Waals surface area contributed by atoms with Crippen LogP contribution in [0.1, 0.15) is 25.5 Å². The average Bonchev–Trinajstić information content (AvgIpc) is 2.44. The number of carbonyl (C=O) groups excluding carboxylic acids is 1. The van der Waals surface area contributed by atoms with Crippen molar-refractivity contribution in [1.82, 2.24) is 15.0 Å². The molecule has 0 aliphatic heterocycles. The normalized spacial score (nSPS) is 11.1. The molecule has 4 N–H and O–H groups in total. The van der Waals surface area contributed by atoms with Gasteiger partial charge in [0.05, 0.1) is 0 Å². The Kier molecular flexibility index (Phi) is 6.66. The summed E-state index contributed by atoms with van der Waals surface area (Å²) in [6.45, 7) is 2.49. The Morgan fingerprint density at radius 1 is 1.43 bits per heavy atom. The van der Waals surface area contributed by atoms with Gasteiger partial charge >= 0.3 is 0 Å². The van der Waals surface area contributed by atoms with Crippen molar-refractivity contribution < 1.29 is 13.2 Å². The van der Waals surface area contributed by atoms with Gasteiger partial charge in [0.25, 0.3) is 0 Å². The van der Waals surface area contributed by atoms with Crippen LogP contribution in [-0.2, 0) is 14.8 Å². The van der Waals surface area contributed by atoms with Gasteiger partial charge in [-0.1, -0.05) is 19.1 Å². The van der Waals surface area contributed by atoms with Gasteiger partial charge in [-0.2, -0.15) is 0 Å². The topological polar surface area (TPSA) is 114 Å². The summed E-state index contributed by atoms with van der Waals surface area (Å²) >= 11 is 4.78. The van der Waals surface area contributed by atoms with Crippen LogP contribution in [0.4, 0.5) is 0 Å². The van der Waals surface area contributed by atoms with Crippen LogP contribution in [0.15, 0.2) is 23.2 Å². The van der Waals surface area contributed by atoms with Gasteiger partial charge in [0.2, 0.25) is 15.9 Å². The molecule has 1 heterocycles. The third kappa shape index (κ3) is 5.37. The van der Waals surface area contributed by atoms with Gasteiger partial charge in [0.15, 0.2) is 0 Å². The molecule has 1 aromatic rings. The molecule has 0 saturated carbocycles. The summed E-state index contributed by atoms with van der Waals surface area (Å²) in [6, 6.07) is 2.84. The molecule has 0 radical (unpaired) electrons. The van der Waals surface area contributed by atoms with Crippen molar-refractivity contribution in [2.75, 3.05) is 13.1 Å². The van der Waals surface area contributed by atoms with Crippen LogP contribution < -0.4 is 15.8 Å². The van der Waals surface area contributed by atoms with Crippen LogP contribution in [0.2, 0.25) is 0 Å². The lowest BCUT2D eigenvalue weighted by molar-refractivity contribution is -0.120. The number of hydrogen-bond donors (Lipinski definition) is 3. The van der Waals surface area contributed by atoms with E-state index in [1.165, 1.54) is 18.3 Å². The van der Waals surface area contributed by atoms with Gasteiger partial charge in [0, 0.05) is 25.7 Å². The van der Waals surface area contributed by atoms with Gasteiger partial charge in [-0.05, 0) is 18.6 Å². The first kappa shape index (κ1) is 17.5. The summed E-state index contributed by atoms with van der Waals surface area (Å²) in [6.07, 6.45) is 2.29. The molecule has 0 aliphatic carbocycles. The molecule has 0 bridgehead atoms. The lowest BCUT2D eigenvalue weighted by Gasteiger charge is -2.09. The number of hydrogen-bond acceptors (Lipinski definition) is 5. The third-order valence-corrected chi connectivity index (χ3v) is 4.20. The Labute approximate surface area is 129 Å². The van der Waals surface area contributed by atoms with Crippen molar-refractivity contribution in [1.29, 1.82) is 0 Å². The van der Waals surface area contributed by atoms with Crippen LogP contribution in [0.3, 0.4) is 0 Å². The van der Waals surface area contributed by atoms with Crippen molar-refractivity contribution in [2.45, 2.75) is 24.7 Å². The first-order chi connectivity index (χ1) is 9.88. The molecular weight excluding hydrogens is 312 g/mol. The smallest absolute Gasteiger partial charge is 0.242 e. The highest BCUT2D eigenvalue weighted by molar-refractivity contribution is 7.89. The fraction of sp³-hybridized carbons (Fsp3) is 0.417. The number of nitrogens with one attached hydrogen (secondary N) is 2. The van der Waals surface area contributed by atoms with Crippen LogP contribution >= 0.6 is 12.2 Å². The minimum Gasteiger partial charge on any atom is -0.388 e. The number of nitrogens with zero attached hydrogens (tertiary/aromatic N) is 1. The minimum absolute atomic E-state index is 0.0104. The Hall–Kier alpha value is -1.58. The molecule has 0 saturated heterocycles. The summed E-state index contributed by atoms with van der Waals surface area (Å²) in [5.41, 5.74) is 5.49. The lowest BCUT2D eigenvalue weighted by atomic mass is 10.3. The molecule has 7 nitrogen and oxygen atoms in total. The minimum atomic E-state index is -3.81. The zero-order chi connectivity index (χ0) is 15.9. The van der Waals surface area contributed by atoms with Gasteiger partial charge in [-0.25, -0.2) is 13.1 Å². The van der Waals surface area contributed by atoms with Gasteiger partial charge < -0.3 is 11.1 Å². The molecular formula is C12H18N4O3S2. The van der Waals surface area contributed by atoms with E-state index in [1.54, 1.807) is 0 Å². The monoisotopic (exact) mass is 330 g/mol. The fourth-order valence-corrected chi connectivity index (χ4v) is 2.95. The van der Waals surface area contributed by atoms with Crippen molar-refractivity contribution in [2.24, 2.45) is 5.73 Å². The summed E-state index contributed by atoms with van der Waals surface area (Å²) < 4.78 is 26.6. The third-order valence-electron chi connectivity index (χ3n) is 2.51. The Bertz CT molecular complexity index is 617.